The van der Waals surface area contributed by atoms with E-state index in [1.165, 1.54) is 26.1 Å². The Morgan fingerprint density at radius 1 is 0.618 bits per heavy atom. The fourth-order valence-electron chi connectivity index (χ4n) is 4.62. The van der Waals surface area contributed by atoms with Crippen LogP contribution in [-0.4, -0.2) is 0 Å². The zero-order valence-electron chi connectivity index (χ0n) is 18.9. The zero-order valence-corrected chi connectivity index (χ0v) is 19.8. The topological polar surface area (TPSA) is 9.23 Å². The van der Waals surface area contributed by atoms with Gasteiger partial charge in [0.05, 0.1) is 0 Å². The lowest BCUT2D eigenvalue weighted by Crippen LogP contribution is -2.34. The molecule has 0 radical (unpaired) electrons. The first kappa shape index (κ1) is 20.8. The molecule has 2 heteroatoms. The summed E-state index contributed by atoms with van der Waals surface area (Å²) >= 11 is 1.78. The van der Waals surface area contributed by atoms with Crippen LogP contribution in [0.3, 0.4) is 0 Å². The average molecular weight is 457 g/mol. The molecular weight excluding hydrogens is 432 g/mol. The third kappa shape index (κ3) is 3.70. The van der Waals surface area contributed by atoms with Crippen LogP contribution in [0.25, 0.3) is 16.8 Å². The molecule has 164 valence electrons. The van der Waals surface area contributed by atoms with Gasteiger partial charge in [-0.2, -0.15) is 0 Å². The summed E-state index contributed by atoms with van der Waals surface area (Å²) in [7, 11) is 0. The van der Waals surface area contributed by atoms with E-state index in [4.69, 9.17) is 4.74 Å². The van der Waals surface area contributed by atoms with Crippen LogP contribution < -0.4 is 4.74 Å². The maximum Gasteiger partial charge on any atom is 0.178 e. The van der Waals surface area contributed by atoms with Gasteiger partial charge in [0.15, 0.2) is 5.60 Å². The lowest BCUT2D eigenvalue weighted by atomic mass is 9.83. The van der Waals surface area contributed by atoms with Crippen molar-refractivity contribution in [1.29, 1.82) is 0 Å². The first-order chi connectivity index (χ1) is 16.7. The van der Waals surface area contributed by atoms with Crippen LogP contribution in [0.5, 0.6) is 5.75 Å². The van der Waals surface area contributed by atoms with Crippen LogP contribution in [0, 0.1) is 6.92 Å². The third-order valence-electron chi connectivity index (χ3n) is 6.43. The number of hydrogen-bond acceptors (Lipinski definition) is 2. The van der Waals surface area contributed by atoms with Gasteiger partial charge in [0.25, 0.3) is 0 Å². The molecule has 34 heavy (non-hydrogen) atoms. The molecule has 1 aliphatic rings. The van der Waals surface area contributed by atoms with Gasteiger partial charge in [0, 0.05) is 26.5 Å². The largest absolute Gasteiger partial charge is 0.473 e. The molecule has 0 spiro atoms. The highest BCUT2D eigenvalue weighted by Crippen LogP contribution is 2.44. The van der Waals surface area contributed by atoms with Gasteiger partial charge in [0.1, 0.15) is 5.75 Å². The number of rotatable bonds is 4. The van der Waals surface area contributed by atoms with Crippen molar-refractivity contribution >= 4 is 28.6 Å². The van der Waals surface area contributed by atoms with Crippen LogP contribution in [-0.2, 0) is 5.60 Å². The molecule has 0 saturated heterocycles. The average Bonchev–Trinajstić information content (AvgIpc) is 2.90. The Labute approximate surface area is 204 Å². The molecule has 1 heterocycles. The van der Waals surface area contributed by atoms with E-state index >= 15 is 0 Å². The minimum Gasteiger partial charge on any atom is -0.473 e. The lowest BCUT2D eigenvalue weighted by Gasteiger charge is -2.36. The SMILES string of the molecule is Cc1ccc(Sc2ccc([C@]3(c4ccccc4)C=Cc4c(ccc5ccccc45)O3)cc2)cc1. The monoisotopic (exact) mass is 456 g/mol. The van der Waals surface area contributed by atoms with Gasteiger partial charge in [-0.25, -0.2) is 0 Å². The van der Waals surface area contributed by atoms with E-state index in [0.717, 1.165) is 22.4 Å². The first-order valence-corrected chi connectivity index (χ1v) is 12.3. The fraction of sp³-hybridized carbons (Fsp3) is 0.0625. The van der Waals surface area contributed by atoms with E-state index in [1.54, 1.807) is 11.8 Å². The summed E-state index contributed by atoms with van der Waals surface area (Å²) < 4.78 is 6.88. The maximum absolute atomic E-state index is 6.88. The van der Waals surface area contributed by atoms with Crippen molar-refractivity contribution < 1.29 is 4.74 Å². The van der Waals surface area contributed by atoms with E-state index in [9.17, 15) is 0 Å². The van der Waals surface area contributed by atoms with E-state index in [0.29, 0.717) is 0 Å². The third-order valence-corrected chi connectivity index (χ3v) is 7.44. The number of fused-ring (bicyclic) bond motifs is 3. The van der Waals surface area contributed by atoms with Crippen molar-refractivity contribution in [3.8, 4) is 5.75 Å². The van der Waals surface area contributed by atoms with Gasteiger partial charge < -0.3 is 4.74 Å². The molecule has 0 bridgehead atoms. The molecule has 6 rings (SSSR count). The zero-order chi connectivity index (χ0) is 23.0. The van der Waals surface area contributed by atoms with Gasteiger partial charge in [0.2, 0.25) is 0 Å². The summed E-state index contributed by atoms with van der Waals surface area (Å²) in [5.41, 5.74) is 3.96. The van der Waals surface area contributed by atoms with Crippen molar-refractivity contribution in [3.63, 3.8) is 0 Å². The maximum atomic E-state index is 6.88. The van der Waals surface area contributed by atoms with Crippen molar-refractivity contribution in [2.75, 3.05) is 0 Å². The van der Waals surface area contributed by atoms with Gasteiger partial charge in [-0.05, 0) is 60.2 Å². The van der Waals surface area contributed by atoms with Crippen LogP contribution in [0.15, 0.2) is 131 Å². The highest BCUT2D eigenvalue weighted by atomic mass is 32.2. The molecule has 0 aromatic heterocycles. The predicted molar refractivity (Wildman–Crippen MR) is 143 cm³/mol. The van der Waals surface area contributed by atoms with E-state index in [2.05, 4.69) is 128 Å². The molecule has 5 aromatic carbocycles. The molecule has 0 fully saturated rings. The van der Waals surface area contributed by atoms with Crippen LogP contribution in [0.1, 0.15) is 22.3 Å². The Hall–Kier alpha value is -3.75. The smallest absolute Gasteiger partial charge is 0.178 e. The predicted octanol–water partition coefficient (Wildman–Crippen LogP) is 8.65. The van der Waals surface area contributed by atoms with Crippen molar-refractivity contribution in [2.24, 2.45) is 0 Å². The number of benzene rings is 5. The Morgan fingerprint density at radius 2 is 1.26 bits per heavy atom. The summed E-state index contributed by atoms with van der Waals surface area (Å²) in [6.07, 6.45) is 4.43. The fourth-order valence-corrected chi connectivity index (χ4v) is 5.44. The molecular formula is C32H24OS. The van der Waals surface area contributed by atoms with Crippen molar-refractivity contribution in [3.05, 3.63) is 144 Å². The molecule has 1 aliphatic heterocycles. The first-order valence-electron chi connectivity index (χ1n) is 11.5. The van der Waals surface area contributed by atoms with E-state index < -0.39 is 5.60 Å². The van der Waals surface area contributed by atoms with Crippen molar-refractivity contribution in [1.82, 2.24) is 0 Å². The van der Waals surface area contributed by atoms with Crippen LogP contribution in [0.2, 0.25) is 0 Å². The normalized spacial score (nSPS) is 16.7. The van der Waals surface area contributed by atoms with Gasteiger partial charge in [-0.1, -0.05) is 102 Å². The summed E-state index contributed by atoms with van der Waals surface area (Å²) in [6.45, 7) is 2.12. The standard InChI is InChI=1S/C32H24OS/c1-23-11-16-27(17-12-23)34-28-18-14-26(15-19-28)32(25-8-3-2-4-9-25)22-21-30-29-10-6-5-7-24(29)13-20-31(30)33-32/h2-22H,1H3/t32-/m1/s1. The molecule has 1 atom stereocenters. The minimum atomic E-state index is -0.677. The Kier molecular flexibility index (Phi) is 5.24. The lowest BCUT2D eigenvalue weighted by molar-refractivity contribution is 0.161. The molecule has 0 saturated carbocycles. The second-order valence-corrected chi connectivity index (χ2v) is 9.82. The van der Waals surface area contributed by atoms with Crippen molar-refractivity contribution in [2.45, 2.75) is 22.3 Å². The molecule has 0 unspecified atom stereocenters. The van der Waals surface area contributed by atoms with Gasteiger partial charge in [-0.3, -0.25) is 0 Å². The molecule has 0 N–H and O–H groups in total. The Bertz CT molecular complexity index is 1480. The molecule has 1 nitrogen and oxygen atoms in total. The number of hydrogen-bond donors (Lipinski definition) is 0. The highest BCUT2D eigenvalue weighted by molar-refractivity contribution is 7.99. The van der Waals surface area contributed by atoms with Gasteiger partial charge >= 0.3 is 0 Å². The summed E-state index contributed by atoms with van der Waals surface area (Å²) in [5, 5.41) is 2.43. The summed E-state index contributed by atoms with van der Waals surface area (Å²) in [6, 6.07) is 40.6. The van der Waals surface area contributed by atoms with E-state index in [1.807, 2.05) is 6.07 Å². The molecule has 5 aromatic rings. The second kappa shape index (κ2) is 8.55. The van der Waals surface area contributed by atoms with Crippen LogP contribution >= 0.6 is 11.8 Å². The molecule has 0 aliphatic carbocycles. The van der Waals surface area contributed by atoms with Crippen LogP contribution in [0.4, 0.5) is 0 Å². The second-order valence-electron chi connectivity index (χ2n) is 8.68. The van der Waals surface area contributed by atoms with Gasteiger partial charge in [-0.15, -0.1) is 0 Å². The summed E-state index contributed by atoms with van der Waals surface area (Å²) in [4.78, 5) is 2.45. The van der Waals surface area contributed by atoms with E-state index in [-0.39, 0.29) is 0 Å². The Balaban J connectivity index is 1.41. The Morgan fingerprint density at radius 3 is 2.03 bits per heavy atom. The quantitative estimate of drug-likeness (QED) is 0.268. The highest BCUT2D eigenvalue weighted by Gasteiger charge is 2.37. The minimum absolute atomic E-state index is 0.677. The number of aryl methyl sites for hydroxylation is 1. The summed E-state index contributed by atoms with van der Waals surface area (Å²) in [5.74, 6) is 0.906. The number of ether oxygens (including phenoxy) is 1. The molecule has 0 amide bonds.